The number of carbonyl (C=O) groups excluding carboxylic acids is 1. The van der Waals surface area contributed by atoms with Crippen LogP contribution in [0, 0.1) is 5.82 Å². The van der Waals surface area contributed by atoms with Gasteiger partial charge in [-0.3, -0.25) is 4.79 Å². The third-order valence-corrected chi connectivity index (χ3v) is 5.67. The summed E-state index contributed by atoms with van der Waals surface area (Å²) in [4.78, 5) is 12.1. The number of hydrogen-bond donors (Lipinski definition) is 1. The first-order valence-corrected chi connectivity index (χ1v) is 9.98. The smallest absolute Gasteiger partial charge is 0.416 e. The minimum absolute atomic E-state index is 0.101. The van der Waals surface area contributed by atoms with Crippen molar-refractivity contribution in [1.82, 2.24) is 4.57 Å². The van der Waals surface area contributed by atoms with Gasteiger partial charge in [0, 0.05) is 28.4 Å². The normalized spacial score (nSPS) is 12.0. The van der Waals surface area contributed by atoms with E-state index in [0.717, 1.165) is 12.1 Å². The van der Waals surface area contributed by atoms with Gasteiger partial charge in [-0.05, 0) is 48.0 Å². The highest BCUT2D eigenvalue weighted by atomic mass is 19.4. The van der Waals surface area contributed by atoms with Crippen molar-refractivity contribution in [3.8, 4) is 11.3 Å². The van der Waals surface area contributed by atoms with Gasteiger partial charge in [0.25, 0.3) is 0 Å². The van der Waals surface area contributed by atoms with E-state index in [1.165, 1.54) is 6.26 Å². The van der Waals surface area contributed by atoms with Crippen molar-refractivity contribution in [1.29, 1.82) is 0 Å². The van der Waals surface area contributed by atoms with Gasteiger partial charge in [-0.1, -0.05) is 24.3 Å². The van der Waals surface area contributed by atoms with Crippen LogP contribution in [-0.2, 0) is 12.7 Å². The molecule has 4 nitrogen and oxygen atoms in total. The summed E-state index contributed by atoms with van der Waals surface area (Å²) in [6, 6.07) is 16.4. The number of amides is 1. The summed E-state index contributed by atoms with van der Waals surface area (Å²) in [5.41, 5.74) is 6.53. The molecular formula is C25H16F4N2O2. The first kappa shape index (κ1) is 20.8. The zero-order valence-electron chi connectivity index (χ0n) is 17.0. The Morgan fingerprint density at radius 1 is 0.970 bits per heavy atom. The zero-order valence-corrected chi connectivity index (χ0v) is 17.0. The molecule has 0 radical (unpaired) electrons. The van der Waals surface area contributed by atoms with Gasteiger partial charge in [0.15, 0.2) is 0 Å². The summed E-state index contributed by atoms with van der Waals surface area (Å²) < 4.78 is 61.7. The number of nitrogens with two attached hydrogens (primary N) is 1. The van der Waals surface area contributed by atoms with E-state index in [1.54, 1.807) is 47.0 Å². The third kappa shape index (κ3) is 3.53. The first-order chi connectivity index (χ1) is 15.7. The standard InChI is InChI=1S/C25H16F4N2O2/c26-16-8-6-15(19(12-16)25(27,28)29)13-31-20-4-1-3-18(24(30)32)23(20)17-9-7-14(11-21(17)31)22-5-2-10-33-22/h1-12H,13H2,(H2,30,32). The quantitative estimate of drug-likeness (QED) is 0.323. The van der Waals surface area contributed by atoms with Crippen molar-refractivity contribution >= 4 is 27.7 Å². The number of fused-ring (bicyclic) bond motifs is 3. The predicted octanol–water partition coefficient (Wildman–Crippen LogP) is 6.36. The number of carbonyl (C=O) groups is 1. The number of hydrogen-bond acceptors (Lipinski definition) is 2. The van der Waals surface area contributed by atoms with Crippen LogP contribution >= 0.6 is 0 Å². The molecule has 166 valence electrons. The Labute approximate surface area is 184 Å². The lowest BCUT2D eigenvalue weighted by molar-refractivity contribution is -0.138. The highest BCUT2D eigenvalue weighted by Crippen LogP contribution is 2.37. The average molecular weight is 452 g/mol. The number of rotatable bonds is 4. The molecule has 5 rings (SSSR count). The number of nitrogens with zero attached hydrogens (tertiary/aromatic N) is 1. The number of alkyl halides is 3. The lowest BCUT2D eigenvalue weighted by Crippen LogP contribution is -2.13. The molecule has 0 unspecified atom stereocenters. The van der Waals surface area contributed by atoms with Crippen LogP contribution in [-0.4, -0.2) is 10.5 Å². The molecule has 33 heavy (non-hydrogen) atoms. The Morgan fingerprint density at radius 2 is 1.79 bits per heavy atom. The number of halogens is 4. The first-order valence-electron chi connectivity index (χ1n) is 9.98. The molecule has 1 amide bonds. The predicted molar refractivity (Wildman–Crippen MR) is 116 cm³/mol. The summed E-state index contributed by atoms with van der Waals surface area (Å²) in [5, 5.41) is 1.20. The van der Waals surface area contributed by atoms with E-state index in [9.17, 15) is 22.4 Å². The maximum absolute atomic E-state index is 13.7. The van der Waals surface area contributed by atoms with Crippen LogP contribution in [0.2, 0.25) is 0 Å². The van der Waals surface area contributed by atoms with Gasteiger partial charge in [-0.15, -0.1) is 0 Å². The number of primary amides is 1. The van der Waals surface area contributed by atoms with Crippen LogP contribution in [0.5, 0.6) is 0 Å². The average Bonchev–Trinajstić information content (AvgIpc) is 3.41. The molecule has 2 heterocycles. The number of benzene rings is 3. The van der Waals surface area contributed by atoms with E-state index in [-0.39, 0.29) is 17.7 Å². The molecule has 2 N–H and O–H groups in total. The van der Waals surface area contributed by atoms with Crippen molar-refractivity contribution in [2.75, 3.05) is 0 Å². The molecule has 0 aliphatic carbocycles. The summed E-state index contributed by atoms with van der Waals surface area (Å²) in [6.45, 7) is -0.195. The summed E-state index contributed by atoms with van der Waals surface area (Å²) >= 11 is 0. The molecular weight excluding hydrogens is 436 g/mol. The van der Waals surface area contributed by atoms with Gasteiger partial charge in [0.2, 0.25) is 5.91 Å². The van der Waals surface area contributed by atoms with Gasteiger partial charge in [-0.25, -0.2) is 4.39 Å². The lowest BCUT2D eigenvalue weighted by atomic mass is 10.0. The van der Waals surface area contributed by atoms with Crippen LogP contribution in [0.3, 0.4) is 0 Å². The number of aromatic nitrogens is 1. The maximum Gasteiger partial charge on any atom is 0.416 e. The molecule has 8 heteroatoms. The van der Waals surface area contributed by atoms with Crippen molar-refractivity contribution in [3.63, 3.8) is 0 Å². The fourth-order valence-corrected chi connectivity index (χ4v) is 4.24. The van der Waals surface area contributed by atoms with Crippen molar-refractivity contribution in [2.24, 2.45) is 5.73 Å². The van der Waals surface area contributed by atoms with Gasteiger partial charge < -0.3 is 14.7 Å². The van der Waals surface area contributed by atoms with E-state index in [0.29, 0.717) is 39.2 Å². The van der Waals surface area contributed by atoms with E-state index in [2.05, 4.69) is 0 Å². The Hall–Kier alpha value is -4.07. The second kappa shape index (κ2) is 7.51. The fraction of sp³-hybridized carbons (Fsp3) is 0.0800. The Morgan fingerprint density at radius 3 is 2.48 bits per heavy atom. The van der Waals surface area contributed by atoms with Crippen LogP contribution in [0.4, 0.5) is 17.6 Å². The molecule has 0 aliphatic heterocycles. The molecule has 0 saturated carbocycles. The summed E-state index contributed by atoms with van der Waals surface area (Å²) in [7, 11) is 0. The zero-order chi connectivity index (χ0) is 23.3. The molecule has 5 aromatic rings. The minimum Gasteiger partial charge on any atom is -0.464 e. The molecule has 0 aliphatic rings. The summed E-state index contributed by atoms with van der Waals surface area (Å²) in [6.07, 6.45) is -3.21. The van der Waals surface area contributed by atoms with Gasteiger partial charge in [-0.2, -0.15) is 13.2 Å². The monoisotopic (exact) mass is 452 g/mol. The third-order valence-electron chi connectivity index (χ3n) is 5.67. The second-order valence-electron chi connectivity index (χ2n) is 7.66. The molecule has 0 bridgehead atoms. The van der Waals surface area contributed by atoms with E-state index in [4.69, 9.17) is 10.2 Å². The highest BCUT2D eigenvalue weighted by molar-refractivity contribution is 6.18. The molecule has 0 atom stereocenters. The molecule has 3 aromatic carbocycles. The van der Waals surface area contributed by atoms with Crippen LogP contribution < -0.4 is 5.73 Å². The fourth-order valence-electron chi connectivity index (χ4n) is 4.24. The van der Waals surface area contributed by atoms with E-state index >= 15 is 0 Å². The lowest BCUT2D eigenvalue weighted by Gasteiger charge is -2.15. The van der Waals surface area contributed by atoms with Gasteiger partial charge in [0.1, 0.15) is 11.6 Å². The molecule has 0 saturated heterocycles. The van der Waals surface area contributed by atoms with Gasteiger partial charge >= 0.3 is 6.18 Å². The molecule has 2 aromatic heterocycles. The van der Waals surface area contributed by atoms with E-state index in [1.807, 2.05) is 6.07 Å². The van der Waals surface area contributed by atoms with E-state index < -0.39 is 23.5 Å². The Kier molecular flexibility index (Phi) is 4.74. The number of furan rings is 1. The SMILES string of the molecule is NC(=O)c1cccc2c1c1ccc(-c3ccco3)cc1n2Cc1ccc(F)cc1C(F)(F)F. The van der Waals surface area contributed by atoms with Crippen molar-refractivity contribution in [2.45, 2.75) is 12.7 Å². The van der Waals surface area contributed by atoms with Crippen LogP contribution in [0.15, 0.2) is 77.4 Å². The minimum atomic E-state index is -4.73. The summed E-state index contributed by atoms with van der Waals surface area (Å²) in [5.74, 6) is -1.03. The van der Waals surface area contributed by atoms with Crippen LogP contribution in [0.1, 0.15) is 21.5 Å². The Bertz CT molecular complexity index is 1520. The second-order valence-corrected chi connectivity index (χ2v) is 7.66. The van der Waals surface area contributed by atoms with Crippen LogP contribution in [0.25, 0.3) is 33.1 Å². The molecule has 0 spiro atoms. The highest BCUT2D eigenvalue weighted by Gasteiger charge is 2.34. The largest absolute Gasteiger partial charge is 0.464 e. The van der Waals surface area contributed by atoms with Gasteiger partial charge in [0.05, 0.1) is 22.9 Å². The van der Waals surface area contributed by atoms with Crippen molar-refractivity contribution in [3.05, 3.63) is 95.5 Å². The maximum atomic E-state index is 13.7. The Balaban J connectivity index is 1.81. The van der Waals surface area contributed by atoms with Crippen molar-refractivity contribution < 1.29 is 26.8 Å². The molecule has 0 fully saturated rings. The topological polar surface area (TPSA) is 61.2 Å².